The normalized spacial score (nSPS) is 12.9. The van der Waals surface area contributed by atoms with E-state index >= 15 is 0 Å². The van der Waals surface area contributed by atoms with Crippen molar-refractivity contribution in [1.82, 2.24) is 0 Å². The lowest BCUT2D eigenvalue weighted by Gasteiger charge is -2.18. The lowest BCUT2D eigenvalue weighted by molar-refractivity contribution is -0.167. The summed E-state index contributed by atoms with van der Waals surface area (Å²) in [7, 11) is 0. The van der Waals surface area contributed by atoms with Gasteiger partial charge in [-0.2, -0.15) is 0 Å². The van der Waals surface area contributed by atoms with Gasteiger partial charge in [-0.05, 0) is 116 Å². The van der Waals surface area contributed by atoms with Crippen LogP contribution in [0, 0.1) is 0 Å². The van der Waals surface area contributed by atoms with Gasteiger partial charge in [-0.25, -0.2) is 0 Å². The highest BCUT2D eigenvalue weighted by Gasteiger charge is 2.19. The van der Waals surface area contributed by atoms with Gasteiger partial charge in [0.25, 0.3) is 0 Å². The lowest BCUT2D eigenvalue weighted by atomic mass is 10.0. The summed E-state index contributed by atoms with van der Waals surface area (Å²) in [5.41, 5.74) is 0. The summed E-state index contributed by atoms with van der Waals surface area (Å²) in [6.07, 6.45) is 95.3. The first kappa shape index (κ1) is 76.8. The molecule has 6 nitrogen and oxygen atoms in total. The molecular weight excluding hydrogens is 997 g/mol. The number of esters is 3. The average molecular weight is 1120 g/mol. The van der Waals surface area contributed by atoms with Crippen LogP contribution in [0.1, 0.15) is 316 Å². The Bertz CT molecular complexity index is 1670. The number of rotatable bonds is 61. The molecular formula is C75H126O6. The van der Waals surface area contributed by atoms with Crippen LogP contribution >= 0.6 is 0 Å². The van der Waals surface area contributed by atoms with E-state index in [0.29, 0.717) is 19.3 Å². The molecule has 0 aromatic heterocycles. The van der Waals surface area contributed by atoms with E-state index in [9.17, 15) is 14.4 Å². The van der Waals surface area contributed by atoms with Crippen molar-refractivity contribution in [3.8, 4) is 0 Å². The number of unbranched alkanes of at least 4 members (excludes halogenated alkanes) is 30. The molecule has 0 aliphatic carbocycles. The average Bonchev–Trinajstić information content (AvgIpc) is 3.47. The Balaban J connectivity index is 4.10. The van der Waals surface area contributed by atoms with Crippen molar-refractivity contribution in [1.29, 1.82) is 0 Å². The van der Waals surface area contributed by atoms with Gasteiger partial charge in [-0.1, -0.05) is 303 Å². The largest absolute Gasteiger partial charge is 0.462 e. The fourth-order valence-corrected chi connectivity index (χ4v) is 9.37. The van der Waals surface area contributed by atoms with E-state index in [1.807, 2.05) is 0 Å². The molecule has 0 heterocycles. The highest BCUT2D eigenvalue weighted by Crippen LogP contribution is 2.16. The molecule has 1 unspecified atom stereocenters. The van der Waals surface area contributed by atoms with Crippen LogP contribution in [0.4, 0.5) is 0 Å². The first-order valence-corrected chi connectivity index (χ1v) is 34.0. The molecule has 0 amide bonds. The van der Waals surface area contributed by atoms with Crippen molar-refractivity contribution >= 4 is 17.9 Å². The molecule has 0 saturated carbocycles. The summed E-state index contributed by atoms with van der Waals surface area (Å²) in [4.78, 5) is 38.1. The first-order valence-electron chi connectivity index (χ1n) is 34.0. The van der Waals surface area contributed by atoms with Gasteiger partial charge in [0.2, 0.25) is 0 Å². The topological polar surface area (TPSA) is 78.9 Å². The Morgan fingerprint density at radius 2 is 0.481 bits per heavy atom. The van der Waals surface area contributed by atoms with E-state index in [-0.39, 0.29) is 31.1 Å². The van der Waals surface area contributed by atoms with Gasteiger partial charge >= 0.3 is 17.9 Å². The molecule has 0 aliphatic heterocycles. The van der Waals surface area contributed by atoms with Crippen LogP contribution in [0.5, 0.6) is 0 Å². The maximum Gasteiger partial charge on any atom is 0.306 e. The van der Waals surface area contributed by atoms with Gasteiger partial charge in [-0.3, -0.25) is 14.4 Å². The summed E-state index contributed by atoms with van der Waals surface area (Å²) in [6, 6.07) is 0. The maximum atomic E-state index is 12.9. The number of carbonyl (C=O) groups is 3. The Morgan fingerprint density at radius 3 is 0.753 bits per heavy atom. The van der Waals surface area contributed by atoms with Crippen LogP contribution in [-0.2, 0) is 28.6 Å². The van der Waals surface area contributed by atoms with E-state index in [1.165, 1.54) is 148 Å². The fourth-order valence-electron chi connectivity index (χ4n) is 9.37. The van der Waals surface area contributed by atoms with Crippen LogP contribution in [-0.4, -0.2) is 37.2 Å². The van der Waals surface area contributed by atoms with Gasteiger partial charge in [0, 0.05) is 19.3 Å². The number of carbonyl (C=O) groups excluding carboxylic acids is 3. The number of allylic oxidation sites excluding steroid dienone is 20. The van der Waals surface area contributed by atoms with Gasteiger partial charge < -0.3 is 14.2 Å². The van der Waals surface area contributed by atoms with Gasteiger partial charge in [0.05, 0.1) is 0 Å². The highest BCUT2D eigenvalue weighted by molar-refractivity contribution is 5.71. The molecule has 0 bridgehead atoms. The minimum absolute atomic E-state index is 0.0825. The van der Waals surface area contributed by atoms with Crippen molar-refractivity contribution in [2.75, 3.05) is 13.2 Å². The van der Waals surface area contributed by atoms with E-state index < -0.39 is 6.10 Å². The van der Waals surface area contributed by atoms with Crippen molar-refractivity contribution < 1.29 is 28.6 Å². The minimum Gasteiger partial charge on any atom is -0.462 e. The van der Waals surface area contributed by atoms with Crippen LogP contribution in [0.25, 0.3) is 0 Å². The molecule has 81 heavy (non-hydrogen) atoms. The molecule has 462 valence electrons. The molecule has 0 rings (SSSR count). The SMILES string of the molecule is CC/C=C\C/C=C\C/C=C\C/C=C\C/C=C\C/C=C\C/C=C\CCCCCCCCCCCCCCCC(=O)OCC(COC(=O)CCCCCCCCC)OC(=O)CCCCCCCC/C=C\C/C=C\C/C=C\CCCCCCC. The quantitative estimate of drug-likeness (QED) is 0.0261. The Hall–Kier alpha value is -4.19. The molecule has 1 atom stereocenters. The van der Waals surface area contributed by atoms with Crippen LogP contribution < -0.4 is 0 Å². The van der Waals surface area contributed by atoms with Crippen molar-refractivity contribution in [3.05, 3.63) is 122 Å². The fraction of sp³-hybridized carbons (Fsp3) is 0.693. The molecule has 0 aromatic rings. The molecule has 0 saturated heterocycles. The third kappa shape index (κ3) is 66.5. The summed E-state index contributed by atoms with van der Waals surface area (Å²) >= 11 is 0. The van der Waals surface area contributed by atoms with Crippen LogP contribution in [0.3, 0.4) is 0 Å². The molecule has 0 aromatic carbocycles. The standard InChI is InChI=1S/C75H126O6/c1-4-7-10-13-16-18-20-22-24-26-28-30-31-32-33-34-35-36-37-38-39-40-41-42-43-45-46-48-50-52-54-56-59-62-65-68-74(77)80-71-72(70-79-73(76)67-64-61-58-15-12-9-6-3)81-75(78)69-66-63-60-57-55-53-51-49-47-44-29-27-25-23-21-19-17-14-11-8-5-2/h7,10,16,18,21-24,27-30,32-33,35-36,38-39,47,49,72H,4-6,8-9,11-15,17,19-20,25-26,31,34,37,40-46,48,50-71H2,1-3H3/b10-7-,18-16-,23-21-,24-22-,29-27-,30-28-,33-32-,36-35-,39-38-,49-47-. The van der Waals surface area contributed by atoms with Crippen molar-refractivity contribution in [2.24, 2.45) is 0 Å². The number of hydrogen-bond acceptors (Lipinski definition) is 6. The van der Waals surface area contributed by atoms with Gasteiger partial charge in [-0.15, -0.1) is 0 Å². The zero-order chi connectivity index (χ0) is 58.5. The highest BCUT2D eigenvalue weighted by atomic mass is 16.6. The second kappa shape index (κ2) is 68.3. The summed E-state index contributed by atoms with van der Waals surface area (Å²) in [5.74, 6) is -0.896. The third-order valence-corrected chi connectivity index (χ3v) is 14.5. The second-order valence-electron chi connectivity index (χ2n) is 22.4. The predicted molar refractivity (Wildman–Crippen MR) is 353 cm³/mol. The third-order valence-electron chi connectivity index (χ3n) is 14.5. The number of hydrogen-bond donors (Lipinski definition) is 0. The molecule has 0 fully saturated rings. The molecule has 6 heteroatoms. The Kier molecular flexibility index (Phi) is 64.8. The molecule has 0 N–H and O–H groups in total. The monoisotopic (exact) mass is 1120 g/mol. The molecule has 0 radical (unpaired) electrons. The van der Waals surface area contributed by atoms with E-state index in [0.717, 1.165) is 128 Å². The van der Waals surface area contributed by atoms with Gasteiger partial charge in [0.1, 0.15) is 13.2 Å². The van der Waals surface area contributed by atoms with Crippen LogP contribution in [0.2, 0.25) is 0 Å². The predicted octanol–water partition coefficient (Wildman–Crippen LogP) is 23.6. The van der Waals surface area contributed by atoms with Crippen molar-refractivity contribution in [2.45, 2.75) is 322 Å². The summed E-state index contributed by atoms with van der Waals surface area (Å²) in [6.45, 7) is 6.48. The minimum atomic E-state index is -0.785. The maximum absolute atomic E-state index is 12.9. The molecule has 0 spiro atoms. The van der Waals surface area contributed by atoms with E-state index in [4.69, 9.17) is 14.2 Å². The zero-order valence-corrected chi connectivity index (χ0v) is 53.0. The van der Waals surface area contributed by atoms with E-state index in [1.54, 1.807) is 0 Å². The smallest absolute Gasteiger partial charge is 0.306 e. The first-order chi connectivity index (χ1) is 40.0. The Morgan fingerprint density at radius 1 is 0.259 bits per heavy atom. The number of ether oxygens (including phenoxy) is 3. The zero-order valence-electron chi connectivity index (χ0n) is 53.0. The molecule has 0 aliphatic rings. The summed E-state index contributed by atoms with van der Waals surface area (Å²) in [5, 5.41) is 0. The summed E-state index contributed by atoms with van der Waals surface area (Å²) < 4.78 is 16.8. The lowest BCUT2D eigenvalue weighted by Crippen LogP contribution is -2.30. The van der Waals surface area contributed by atoms with Crippen LogP contribution in [0.15, 0.2) is 122 Å². The van der Waals surface area contributed by atoms with E-state index in [2.05, 4.69) is 142 Å². The second-order valence-corrected chi connectivity index (χ2v) is 22.4. The van der Waals surface area contributed by atoms with Crippen molar-refractivity contribution in [3.63, 3.8) is 0 Å². The van der Waals surface area contributed by atoms with Gasteiger partial charge in [0.15, 0.2) is 6.10 Å². The Labute approximate surface area is 501 Å².